The van der Waals surface area contributed by atoms with Crippen LogP contribution in [0.25, 0.3) is 0 Å². The molecular weight excluding hydrogens is 360 g/mol. The molecule has 2 aliphatic rings. The van der Waals surface area contributed by atoms with E-state index in [1.54, 1.807) is 0 Å². The fourth-order valence-electron chi connectivity index (χ4n) is 3.51. The van der Waals surface area contributed by atoms with E-state index in [9.17, 15) is 14.4 Å². The number of carbonyl (C=O) groups is 3. The zero-order chi connectivity index (χ0) is 19.9. The summed E-state index contributed by atoms with van der Waals surface area (Å²) in [6.07, 6.45) is -0.0873. The van der Waals surface area contributed by atoms with Crippen LogP contribution in [0.4, 0.5) is 0 Å². The molecule has 0 aromatic heterocycles. The number of piperazine rings is 1. The molecule has 8 nitrogen and oxygen atoms in total. The monoisotopic (exact) mass is 388 g/mol. The summed E-state index contributed by atoms with van der Waals surface area (Å²) in [4.78, 5) is 41.3. The van der Waals surface area contributed by atoms with Gasteiger partial charge in [0.15, 0.2) is 0 Å². The fraction of sp³-hybridized carbons (Fsp3) is 0.550. The van der Waals surface area contributed by atoms with Gasteiger partial charge in [-0.05, 0) is 12.5 Å². The average molecular weight is 388 g/mol. The number of benzene rings is 1. The maximum atomic E-state index is 12.2. The first-order valence-corrected chi connectivity index (χ1v) is 9.79. The summed E-state index contributed by atoms with van der Waals surface area (Å²) < 4.78 is 5.76. The van der Waals surface area contributed by atoms with Crippen molar-refractivity contribution in [3.05, 3.63) is 35.9 Å². The Morgan fingerprint density at radius 1 is 1.11 bits per heavy atom. The van der Waals surface area contributed by atoms with Crippen molar-refractivity contribution in [3.63, 3.8) is 0 Å². The van der Waals surface area contributed by atoms with E-state index in [1.807, 2.05) is 25.1 Å². The van der Waals surface area contributed by atoms with Gasteiger partial charge in [0.25, 0.3) is 0 Å². The van der Waals surface area contributed by atoms with Gasteiger partial charge < -0.3 is 19.9 Å². The van der Waals surface area contributed by atoms with Gasteiger partial charge in [-0.3, -0.25) is 19.3 Å². The number of carbonyl (C=O) groups excluding carboxylic acids is 3. The standard InChI is InChI=1S/C20H28N4O4/c1-2-23-8-9-24(20(27)19(23)26)15-18(25)21-12-17-14-22(10-11-28-17)13-16-6-4-3-5-7-16/h3-7,17H,2,8-15H2,1H3,(H,21,25)/t17-/m0/s1. The zero-order valence-corrected chi connectivity index (χ0v) is 16.3. The number of likely N-dealkylation sites (N-methyl/N-ethyl adjacent to an activating group) is 1. The SMILES string of the molecule is CCN1CCN(CC(=O)NC[C@H]2CN(Cc3ccccc3)CCO2)C(=O)C1=O. The third kappa shape index (κ3) is 5.30. The van der Waals surface area contributed by atoms with E-state index in [0.29, 0.717) is 32.8 Å². The number of nitrogens with zero attached hydrogens (tertiary/aromatic N) is 3. The molecule has 2 aliphatic heterocycles. The van der Waals surface area contributed by atoms with Crippen molar-refractivity contribution in [2.75, 3.05) is 52.4 Å². The van der Waals surface area contributed by atoms with Crippen LogP contribution in [0.3, 0.4) is 0 Å². The number of hydrogen-bond donors (Lipinski definition) is 1. The normalized spacial score (nSPS) is 21.1. The van der Waals surface area contributed by atoms with E-state index < -0.39 is 11.8 Å². The Kier molecular flexibility index (Phi) is 7.00. The average Bonchev–Trinajstić information content (AvgIpc) is 2.71. The molecule has 0 bridgehead atoms. The van der Waals surface area contributed by atoms with Crippen molar-refractivity contribution < 1.29 is 19.1 Å². The van der Waals surface area contributed by atoms with Crippen molar-refractivity contribution in [2.24, 2.45) is 0 Å². The lowest BCUT2D eigenvalue weighted by atomic mass is 10.2. The van der Waals surface area contributed by atoms with E-state index >= 15 is 0 Å². The number of nitrogens with one attached hydrogen (secondary N) is 1. The Morgan fingerprint density at radius 3 is 2.57 bits per heavy atom. The lowest BCUT2D eigenvalue weighted by molar-refractivity contribution is -0.156. The number of amides is 3. The molecular formula is C20H28N4O4. The Hall–Kier alpha value is -2.45. The van der Waals surface area contributed by atoms with Gasteiger partial charge in [-0.2, -0.15) is 0 Å². The molecule has 2 fully saturated rings. The predicted octanol–water partition coefficient (Wildman–Crippen LogP) is -0.306. The van der Waals surface area contributed by atoms with E-state index in [1.165, 1.54) is 15.4 Å². The van der Waals surface area contributed by atoms with Crippen LogP contribution in [0, 0.1) is 0 Å². The van der Waals surface area contributed by atoms with Crippen LogP contribution in [-0.4, -0.2) is 90.9 Å². The highest BCUT2D eigenvalue weighted by Gasteiger charge is 2.32. The Labute approximate surface area is 165 Å². The molecule has 3 rings (SSSR count). The van der Waals surface area contributed by atoms with Gasteiger partial charge in [0.2, 0.25) is 5.91 Å². The van der Waals surface area contributed by atoms with Gasteiger partial charge in [0.05, 0.1) is 12.7 Å². The van der Waals surface area contributed by atoms with Crippen molar-refractivity contribution >= 4 is 17.7 Å². The first-order valence-electron chi connectivity index (χ1n) is 9.79. The largest absolute Gasteiger partial charge is 0.374 e. The van der Waals surface area contributed by atoms with Gasteiger partial charge >= 0.3 is 11.8 Å². The van der Waals surface area contributed by atoms with E-state index in [0.717, 1.165) is 19.6 Å². The number of hydrogen-bond acceptors (Lipinski definition) is 5. The molecule has 0 radical (unpaired) electrons. The summed E-state index contributed by atoms with van der Waals surface area (Å²) in [6.45, 7) is 6.56. The molecule has 0 spiro atoms. The highest BCUT2D eigenvalue weighted by atomic mass is 16.5. The maximum Gasteiger partial charge on any atom is 0.312 e. The molecule has 1 atom stereocenters. The Balaban J connectivity index is 1.41. The molecule has 0 aliphatic carbocycles. The summed E-state index contributed by atoms with van der Waals surface area (Å²) in [5.74, 6) is -1.41. The summed E-state index contributed by atoms with van der Waals surface area (Å²) in [6, 6.07) is 10.3. The van der Waals surface area contributed by atoms with Crippen molar-refractivity contribution in [1.82, 2.24) is 20.0 Å². The number of morpholine rings is 1. The van der Waals surface area contributed by atoms with Crippen LogP contribution in [-0.2, 0) is 25.7 Å². The summed E-state index contributed by atoms with van der Waals surface area (Å²) >= 11 is 0. The van der Waals surface area contributed by atoms with Crippen LogP contribution in [0.2, 0.25) is 0 Å². The second kappa shape index (κ2) is 9.66. The Morgan fingerprint density at radius 2 is 1.82 bits per heavy atom. The minimum Gasteiger partial charge on any atom is -0.374 e. The molecule has 1 aromatic carbocycles. The fourth-order valence-corrected chi connectivity index (χ4v) is 3.51. The van der Waals surface area contributed by atoms with Gasteiger partial charge in [-0.15, -0.1) is 0 Å². The van der Waals surface area contributed by atoms with Gasteiger partial charge in [0, 0.05) is 45.8 Å². The van der Waals surface area contributed by atoms with Crippen LogP contribution in [0.5, 0.6) is 0 Å². The molecule has 0 saturated carbocycles. The number of ether oxygens (including phenoxy) is 1. The van der Waals surface area contributed by atoms with Crippen LogP contribution in [0.1, 0.15) is 12.5 Å². The minimum absolute atomic E-state index is 0.0873. The lowest BCUT2D eigenvalue weighted by Crippen LogP contribution is -2.56. The van der Waals surface area contributed by atoms with Crippen LogP contribution in [0.15, 0.2) is 30.3 Å². The molecule has 0 unspecified atom stereocenters. The maximum absolute atomic E-state index is 12.2. The molecule has 3 amide bonds. The minimum atomic E-state index is -0.605. The lowest BCUT2D eigenvalue weighted by Gasteiger charge is -2.34. The second-order valence-corrected chi connectivity index (χ2v) is 7.13. The second-order valence-electron chi connectivity index (χ2n) is 7.13. The Bertz CT molecular complexity index is 697. The van der Waals surface area contributed by atoms with E-state index in [2.05, 4.69) is 22.3 Å². The molecule has 2 saturated heterocycles. The van der Waals surface area contributed by atoms with Crippen LogP contribution < -0.4 is 5.32 Å². The summed E-state index contributed by atoms with van der Waals surface area (Å²) in [5, 5.41) is 2.84. The topological polar surface area (TPSA) is 82.2 Å². The predicted molar refractivity (Wildman–Crippen MR) is 103 cm³/mol. The third-order valence-electron chi connectivity index (χ3n) is 5.11. The quantitative estimate of drug-likeness (QED) is 0.649. The van der Waals surface area contributed by atoms with E-state index in [4.69, 9.17) is 4.74 Å². The first kappa shape index (κ1) is 20.3. The molecule has 152 valence electrons. The molecule has 28 heavy (non-hydrogen) atoms. The first-order chi connectivity index (χ1) is 13.6. The smallest absolute Gasteiger partial charge is 0.312 e. The van der Waals surface area contributed by atoms with E-state index in [-0.39, 0.29) is 18.6 Å². The summed E-state index contributed by atoms with van der Waals surface area (Å²) in [7, 11) is 0. The van der Waals surface area contributed by atoms with Crippen molar-refractivity contribution in [2.45, 2.75) is 19.6 Å². The van der Waals surface area contributed by atoms with Gasteiger partial charge in [-0.25, -0.2) is 0 Å². The highest BCUT2D eigenvalue weighted by Crippen LogP contribution is 2.10. The van der Waals surface area contributed by atoms with Crippen molar-refractivity contribution in [1.29, 1.82) is 0 Å². The molecule has 1 aromatic rings. The highest BCUT2D eigenvalue weighted by molar-refractivity contribution is 6.35. The molecule has 2 heterocycles. The number of rotatable bonds is 7. The van der Waals surface area contributed by atoms with Gasteiger partial charge in [0.1, 0.15) is 6.54 Å². The molecule has 8 heteroatoms. The third-order valence-corrected chi connectivity index (χ3v) is 5.11. The van der Waals surface area contributed by atoms with Crippen LogP contribution >= 0.6 is 0 Å². The molecule has 1 N–H and O–H groups in total. The van der Waals surface area contributed by atoms with Gasteiger partial charge in [-0.1, -0.05) is 30.3 Å². The zero-order valence-electron chi connectivity index (χ0n) is 16.3. The summed E-state index contributed by atoms with van der Waals surface area (Å²) in [5.41, 5.74) is 1.25. The van der Waals surface area contributed by atoms with Crippen molar-refractivity contribution in [3.8, 4) is 0 Å².